The molecule has 87 heavy (non-hydrogen) atoms. The fourth-order valence-corrected chi connectivity index (χ4v) is 19.3. The Bertz CT molecular complexity index is 4300. The molecule has 0 radical (unpaired) electrons. The number of hydrogen-bond donors (Lipinski definition) is 0. The zero-order valence-corrected chi connectivity index (χ0v) is 55.2. The fourth-order valence-electron chi connectivity index (χ4n) is 18.0. The predicted octanol–water partition coefficient (Wildman–Crippen LogP) is 21.3. The maximum absolute atomic E-state index is 2.79. The van der Waals surface area contributed by atoms with Crippen LogP contribution in [0.3, 0.4) is 0 Å². The topological polar surface area (TPSA) is 9.72 Å². The van der Waals surface area contributed by atoms with Crippen LogP contribution in [-0.2, 0) is 43.3 Å². The Kier molecular flexibility index (Phi) is 11.7. The van der Waals surface area contributed by atoms with Gasteiger partial charge in [0.1, 0.15) is 0 Å². The monoisotopic (exact) mass is 1160 g/mol. The van der Waals surface area contributed by atoms with E-state index in [1.54, 1.807) is 11.1 Å². The highest BCUT2D eigenvalue weighted by Gasteiger charge is 2.52. The van der Waals surface area contributed by atoms with E-state index in [0.717, 1.165) is 23.5 Å². The number of nitrogens with zero attached hydrogens (tertiary/aromatic N) is 3. The summed E-state index contributed by atoms with van der Waals surface area (Å²) in [7, 11) is 0. The summed E-state index contributed by atoms with van der Waals surface area (Å²) in [5.74, 6) is 0. The molecule has 0 spiro atoms. The summed E-state index contributed by atoms with van der Waals surface area (Å²) >= 11 is 2.07. The smallest absolute Gasteiger partial charge is 0.254 e. The molecule has 8 aliphatic rings. The third-order valence-electron chi connectivity index (χ3n) is 24.2. The summed E-state index contributed by atoms with van der Waals surface area (Å²) < 4.78 is 1.44. The lowest BCUT2D eigenvalue weighted by Crippen LogP contribution is -2.61. The number of benzene rings is 8. The highest BCUT2D eigenvalue weighted by Crippen LogP contribution is 2.60. The number of thiophene rings is 1. The van der Waals surface area contributed by atoms with Crippen LogP contribution in [0.15, 0.2) is 158 Å². The zero-order chi connectivity index (χ0) is 60.3. The molecule has 0 N–H and O–H groups in total. The minimum absolute atomic E-state index is 0.00246. The average molecular weight is 1160 g/mol. The van der Waals surface area contributed by atoms with Gasteiger partial charge in [-0.25, -0.2) is 0 Å². The molecular formula is C82H88BN3S. The van der Waals surface area contributed by atoms with E-state index in [0.29, 0.717) is 0 Å². The third-order valence-corrected chi connectivity index (χ3v) is 25.4. The molecule has 1 fully saturated rings. The van der Waals surface area contributed by atoms with Crippen molar-refractivity contribution >= 4 is 95.0 Å². The van der Waals surface area contributed by atoms with Crippen molar-refractivity contribution < 1.29 is 0 Å². The molecule has 17 rings (SSSR count). The van der Waals surface area contributed by atoms with E-state index in [1.807, 2.05) is 0 Å². The van der Waals surface area contributed by atoms with Gasteiger partial charge in [0.2, 0.25) is 0 Å². The maximum atomic E-state index is 2.79. The summed E-state index contributed by atoms with van der Waals surface area (Å²) in [5, 5.41) is 2.85. The van der Waals surface area contributed by atoms with Crippen molar-refractivity contribution in [2.45, 2.75) is 204 Å². The van der Waals surface area contributed by atoms with Crippen molar-refractivity contribution in [3.63, 3.8) is 0 Å². The second-order valence-electron chi connectivity index (χ2n) is 32.6. The van der Waals surface area contributed by atoms with Gasteiger partial charge in [-0.2, -0.15) is 0 Å². The number of anilines is 9. The standard InChI is InChI=1S/C82H88BN3S/c1-75(2)33-35-77(5,6)61-45-56(29-31-59(61)75)85-68-49-64-63(79(9,10)37-38-80(64,11)12)48-67(68)83-72-58-47-65-66(82(14)41-39-81(65,13)40-42-82)50-71(58)87-74(72)86(57-30-32-60-62(46-57)78(7,8)36-34-76(60,3)4)70-44-52(43-69(85)73(70)83)51-25-27-55(28-26-51)84(53-21-17-15-18-22-53)54-23-19-16-20-24-54/h15-32,43-50H,33-42H2,1-14H3. The van der Waals surface area contributed by atoms with E-state index in [2.05, 4.69) is 281 Å². The van der Waals surface area contributed by atoms with E-state index in [1.165, 1.54) is 162 Å². The van der Waals surface area contributed by atoms with Crippen LogP contribution >= 0.6 is 11.3 Å². The highest BCUT2D eigenvalue weighted by atomic mass is 32.1. The lowest BCUT2D eigenvalue weighted by atomic mass is 9.33. The van der Waals surface area contributed by atoms with E-state index < -0.39 is 0 Å². The van der Waals surface area contributed by atoms with Gasteiger partial charge in [0.25, 0.3) is 6.71 Å². The summed E-state index contributed by atoms with van der Waals surface area (Å²) in [6.45, 7) is 35.2. The Morgan fingerprint density at radius 1 is 0.345 bits per heavy atom. The van der Waals surface area contributed by atoms with Crippen LogP contribution in [-0.4, -0.2) is 6.71 Å². The van der Waals surface area contributed by atoms with Gasteiger partial charge < -0.3 is 14.7 Å². The van der Waals surface area contributed by atoms with Gasteiger partial charge in [-0.15, -0.1) is 11.3 Å². The van der Waals surface area contributed by atoms with Gasteiger partial charge in [0, 0.05) is 50.2 Å². The van der Waals surface area contributed by atoms with Gasteiger partial charge in [-0.3, -0.25) is 0 Å². The summed E-state index contributed by atoms with van der Waals surface area (Å²) in [6, 6.07) is 62.8. The van der Waals surface area contributed by atoms with Crippen LogP contribution in [0.5, 0.6) is 0 Å². The van der Waals surface area contributed by atoms with Crippen molar-refractivity contribution in [3.05, 3.63) is 202 Å². The molecule has 3 nitrogen and oxygen atoms in total. The van der Waals surface area contributed by atoms with Crippen LogP contribution in [0.2, 0.25) is 0 Å². The number of rotatable bonds is 6. The third kappa shape index (κ3) is 8.18. The fraction of sp³-hybridized carbons (Fsp3) is 0.390. The molecule has 5 heteroatoms. The van der Waals surface area contributed by atoms with Crippen LogP contribution in [0.4, 0.5) is 50.5 Å². The van der Waals surface area contributed by atoms with E-state index >= 15 is 0 Å². The molecule has 0 saturated heterocycles. The molecule has 6 aliphatic carbocycles. The predicted molar refractivity (Wildman–Crippen MR) is 375 cm³/mol. The molecule has 1 aromatic heterocycles. The van der Waals surface area contributed by atoms with E-state index in [4.69, 9.17) is 0 Å². The molecule has 3 heterocycles. The van der Waals surface area contributed by atoms with Crippen molar-refractivity contribution in [1.82, 2.24) is 0 Å². The first-order valence-corrected chi connectivity index (χ1v) is 34.0. The molecular weight excluding hydrogens is 1070 g/mol. The minimum atomic E-state index is -0.00246. The Morgan fingerprint density at radius 2 is 0.770 bits per heavy atom. The zero-order valence-electron chi connectivity index (χ0n) is 54.4. The highest BCUT2D eigenvalue weighted by molar-refractivity contribution is 7.26. The van der Waals surface area contributed by atoms with Gasteiger partial charge in [0.05, 0.1) is 5.00 Å². The molecule has 440 valence electrons. The van der Waals surface area contributed by atoms with Gasteiger partial charge in [0.15, 0.2) is 0 Å². The Balaban J connectivity index is 1.03. The van der Waals surface area contributed by atoms with Crippen LogP contribution in [0.1, 0.15) is 206 Å². The molecule has 0 atom stereocenters. The first kappa shape index (κ1) is 55.5. The molecule has 8 aromatic carbocycles. The Labute approximate surface area is 524 Å². The molecule has 2 bridgehead atoms. The summed E-state index contributed by atoms with van der Waals surface area (Å²) in [4.78, 5) is 7.96. The summed E-state index contributed by atoms with van der Waals surface area (Å²) in [6.07, 6.45) is 12.1. The normalized spacial score (nSPS) is 23.2. The quantitative estimate of drug-likeness (QED) is 0.154. The lowest BCUT2D eigenvalue weighted by Gasteiger charge is -2.52. The number of fused-ring (bicyclic) bond motifs is 11. The van der Waals surface area contributed by atoms with Crippen molar-refractivity contribution in [3.8, 4) is 11.1 Å². The lowest BCUT2D eigenvalue weighted by molar-refractivity contribution is 0.188. The first-order valence-electron chi connectivity index (χ1n) is 33.2. The molecule has 9 aromatic rings. The van der Waals surface area contributed by atoms with Crippen molar-refractivity contribution in [2.24, 2.45) is 0 Å². The van der Waals surface area contributed by atoms with Crippen molar-refractivity contribution in [1.29, 1.82) is 0 Å². The number of para-hydroxylation sites is 2. The average Bonchev–Trinajstić information content (AvgIpc) is 1.69. The maximum Gasteiger partial charge on any atom is 0.254 e. The second kappa shape index (κ2) is 18.4. The van der Waals surface area contributed by atoms with Crippen LogP contribution in [0, 0.1) is 0 Å². The van der Waals surface area contributed by atoms with E-state index in [9.17, 15) is 0 Å². The molecule has 1 saturated carbocycles. The van der Waals surface area contributed by atoms with Crippen molar-refractivity contribution in [2.75, 3.05) is 14.7 Å². The molecule has 2 aliphatic heterocycles. The second-order valence-corrected chi connectivity index (χ2v) is 33.7. The SMILES string of the molecule is CC1(C)CCC(C)(C)c2cc(N3c4cc5c(cc4B4c6c3cc(-c3ccc(N(c7ccccc7)c7ccccc7)cc3)cc6N(c3ccc6c(c3)C(C)(C)CCC6(C)C)c3sc6cc7c(cc6c34)C3(C)CCC7(C)CC3)C(C)(C)CCC5(C)C)ccc21. The van der Waals surface area contributed by atoms with Gasteiger partial charge in [-0.1, -0.05) is 164 Å². The summed E-state index contributed by atoms with van der Waals surface area (Å²) in [5.41, 5.74) is 29.7. The van der Waals surface area contributed by atoms with E-state index in [-0.39, 0.29) is 50.0 Å². The number of hydrogen-bond acceptors (Lipinski definition) is 4. The van der Waals surface area contributed by atoms with Gasteiger partial charge in [-0.05, 0) is 276 Å². The molecule has 0 unspecified atom stereocenters. The molecule has 0 amide bonds. The minimum Gasteiger partial charge on any atom is -0.311 e. The van der Waals surface area contributed by atoms with Crippen LogP contribution < -0.4 is 31.1 Å². The van der Waals surface area contributed by atoms with Gasteiger partial charge >= 0.3 is 0 Å². The first-order chi connectivity index (χ1) is 41.3. The van der Waals surface area contributed by atoms with Crippen LogP contribution in [0.25, 0.3) is 21.2 Å². The Morgan fingerprint density at radius 3 is 1.28 bits per heavy atom. The largest absolute Gasteiger partial charge is 0.311 e. The Hall–Kier alpha value is -6.82.